The Morgan fingerprint density at radius 2 is 1.29 bits per heavy atom. The van der Waals surface area contributed by atoms with Gasteiger partial charge >= 0.3 is 0 Å². The zero-order valence-corrected chi connectivity index (χ0v) is 21.3. The molecule has 1 nitrogen and oxygen atoms in total. The quantitative estimate of drug-likeness (QED) is 0.244. The van der Waals surface area contributed by atoms with Gasteiger partial charge in [-0.1, -0.05) is 103 Å². The first-order valence-corrected chi connectivity index (χ1v) is 14.1. The number of anilines is 1. The van der Waals surface area contributed by atoms with Gasteiger partial charge in [-0.05, 0) is 74.1 Å². The molecule has 1 aromatic rings. The van der Waals surface area contributed by atoms with Gasteiger partial charge in [-0.25, -0.2) is 0 Å². The van der Waals surface area contributed by atoms with Gasteiger partial charge in [0.2, 0.25) is 0 Å². The molecule has 0 amide bonds. The SMILES string of the molecule is CCCCCCCCC[C@H]1CC[C@H](c2ccc(NCCCCCCCC)cc2C)CC1. The third-order valence-corrected chi connectivity index (χ3v) is 7.63. The van der Waals surface area contributed by atoms with E-state index in [1.165, 1.54) is 127 Å². The highest BCUT2D eigenvalue weighted by Crippen LogP contribution is 2.39. The highest BCUT2D eigenvalue weighted by atomic mass is 14.9. The Morgan fingerprint density at radius 3 is 1.90 bits per heavy atom. The predicted octanol–water partition coefficient (Wildman–Crippen LogP) is 10.2. The molecule has 1 saturated carbocycles. The minimum absolute atomic E-state index is 0.804. The van der Waals surface area contributed by atoms with E-state index in [0.29, 0.717) is 0 Å². The normalized spacial score (nSPS) is 18.9. The number of benzene rings is 1. The minimum Gasteiger partial charge on any atom is -0.385 e. The van der Waals surface area contributed by atoms with Crippen molar-refractivity contribution in [3.05, 3.63) is 29.3 Å². The summed E-state index contributed by atoms with van der Waals surface area (Å²) in [6, 6.07) is 7.17. The third kappa shape index (κ3) is 10.9. The summed E-state index contributed by atoms with van der Waals surface area (Å²) in [6.45, 7) is 8.04. The van der Waals surface area contributed by atoms with Gasteiger partial charge in [-0.3, -0.25) is 0 Å². The van der Waals surface area contributed by atoms with E-state index in [0.717, 1.165) is 18.4 Å². The topological polar surface area (TPSA) is 12.0 Å². The molecule has 0 heterocycles. The van der Waals surface area contributed by atoms with Crippen LogP contribution < -0.4 is 5.32 Å². The molecule has 0 aromatic heterocycles. The Hall–Kier alpha value is -0.980. The number of rotatable bonds is 17. The van der Waals surface area contributed by atoms with Crippen molar-refractivity contribution >= 4 is 5.69 Å². The van der Waals surface area contributed by atoms with Crippen LogP contribution in [0.2, 0.25) is 0 Å². The number of nitrogens with one attached hydrogen (secondary N) is 1. The summed E-state index contributed by atoms with van der Waals surface area (Å²) in [5.74, 6) is 1.81. The van der Waals surface area contributed by atoms with Gasteiger partial charge in [0.05, 0.1) is 0 Å². The van der Waals surface area contributed by atoms with Crippen molar-refractivity contribution < 1.29 is 0 Å². The Bertz CT molecular complexity index is 556. The highest BCUT2D eigenvalue weighted by Gasteiger charge is 2.23. The molecule has 1 aromatic carbocycles. The first-order valence-electron chi connectivity index (χ1n) is 14.1. The van der Waals surface area contributed by atoms with Crippen molar-refractivity contribution in [2.24, 2.45) is 5.92 Å². The summed E-state index contributed by atoms with van der Waals surface area (Å²) >= 11 is 0. The molecule has 0 spiro atoms. The summed E-state index contributed by atoms with van der Waals surface area (Å²) in [6.07, 6.45) is 25.5. The van der Waals surface area contributed by atoms with E-state index in [-0.39, 0.29) is 0 Å². The second-order valence-corrected chi connectivity index (χ2v) is 10.4. The Morgan fingerprint density at radius 1 is 0.710 bits per heavy atom. The maximum absolute atomic E-state index is 3.66. The van der Waals surface area contributed by atoms with Crippen LogP contribution in [-0.4, -0.2) is 6.54 Å². The van der Waals surface area contributed by atoms with E-state index in [1.807, 2.05) is 0 Å². The largest absolute Gasteiger partial charge is 0.385 e. The second-order valence-electron chi connectivity index (χ2n) is 10.4. The van der Waals surface area contributed by atoms with Crippen LogP contribution in [0.5, 0.6) is 0 Å². The lowest BCUT2D eigenvalue weighted by Gasteiger charge is -2.30. The number of hydrogen-bond acceptors (Lipinski definition) is 1. The maximum Gasteiger partial charge on any atom is 0.0343 e. The van der Waals surface area contributed by atoms with Crippen LogP contribution in [0, 0.1) is 12.8 Å². The maximum atomic E-state index is 3.66. The van der Waals surface area contributed by atoms with Crippen molar-refractivity contribution in [1.29, 1.82) is 0 Å². The Kier molecular flexibility index (Phi) is 14.1. The summed E-state index contributed by atoms with van der Waals surface area (Å²) in [4.78, 5) is 0. The molecule has 0 saturated heterocycles. The minimum atomic E-state index is 0.804. The average molecular weight is 428 g/mol. The average Bonchev–Trinajstić information content (AvgIpc) is 2.78. The molecule has 1 aliphatic carbocycles. The van der Waals surface area contributed by atoms with Crippen LogP contribution in [0.25, 0.3) is 0 Å². The fourth-order valence-corrected chi connectivity index (χ4v) is 5.53. The molecule has 0 radical (unpaired) electrons. The van der Waals surface area contributed by atoms with E-state index in [9.17, 15) is 0 Å². The van der Waals surface area contributed by atoms with E-state index < -0.39 is 0 Å². The molecule has 1 N–H and O–H groups in total. The summed E-state index contributed by atoms with van der Waals surface area (Å²) in [7, 11) is 0. The van der Waals surface area contributed by atoms with E-state index in [4.69, 9.17) is 0 Å². The molecule has 178 valence electrons. The number of aryl methyl sites for hydroxylation is 1. The van der Waals surface area contributed by atoms with E-state index >= 15 is 0 Å². The predicted molar refractivity (Wildman–Crippen MR) is 140 cm³/mol. The van der Waals surface area contributed by atoms with Gasteiger partial charge in [0.15, 0.2) is 0 Å². The van der Waals surface area contributed by atoms with Crippen molar-refractivity contribution in [3.63, 3.8) is 0 Å². The first kappa shape index (κ1) is 26.3. The fraction of sp³-hybridized carbons (Fsp3) is 0.800. The zero-order chi connectivity index (χ0) is 22.2. The molecule has 0 unspecified atom stereocenters. The summed E-state index contributed by atoms with van der Waals surface area (Å²) in [5.41, 5.74) is 4.45. The van der Waals surface area contributed by atoms with Gasteiger partial charge in [0.25, 0.3) is 0 Å². The van der Waals surface area contributed by atoms with Crippen LogP contribution in [-0.2, 0) is 0 Å². The van der Waals surface area contributed by atoms with E-state index in [1.54, 1.807) is 5.56 Å². The summed E-state index contributed by atoms with van der Waals surface area (Å²) < 4.78 is 0. The van der Waals surface area contributed by atoms with E-state index in [2.05, 4.69) is 44.3 Å². The van der Waals surface area contributed by atoms with Crippen molar-refractivity contribution in [3.8, 4) is 0 Å². The lowest BCUT2D eigenvalue weighted by molar-refractivity contribution is 0.301. The van der Waals surface area contributed by atoms with Crippen molar-refractivity contribution in [1.82, 2.24) is 0 Å². The molecule has 31 heavy (non-hydrogen) atoms. The molecule has 1 heteroatoms. The van der Waals surface area contributed by atoms with Gasteiger partial charge in [-0.15, -0.1) is 0 Å². The van der Waals surface area contributed by atoms with Gasteiger partial charge in [0.1, 0.15) is 0 Å². The molecule has 2 rings (SSSR count). The molecular formula is C30H53N. The van der Waals surface area contributed by atoms with Crippen molar-refractivity contribution in [2.75, 3.05) is 11.9 Å². The second kappa shape index (κ2) is 16.6. The smallest absolute Gasteiger partial charge is 0.0343 e. The lowest BCUT2D eigenvalue weighted by Crippen LogP contribution is -2.14. The van der Waals surface area contributed by atoms with Crippen LogP contribution in [0.1, 0.15) is 146 Å². The number of unbranched alkanes of at least 4 members (excludes halogenated alkanes) is 11. The van der Waals surface area contributed by atoms with Crippen LogP contribution in [0.15, 0.2) is 18.2 Å². The number of hydrogen-bond donors (Lipinski definition) is 1. The van der Waals surface area contributed by atoms with Crippen LogP contribution in [0.3, 0.4) is 0 Å². The summed E-state index contributed by atoms with van der Waals surface area (Å²) in [5, 5.41) is 3.66. The standard InChI is InChI=1S/C30H53N/c1-4-6-8-10-12-13-15-17-27-18-20-28(21-19-27)30-23-22-29(25-26(30)3)31-24-16-14-11-9-7-5-2/h22-23,25,27-28,31H,4-21,24H2,1-3H3/t27-,28-. The first-order chi connectivity index (χ1) is 15.2. The monoisotopic (exact) mass is 427 g/mol. The van der Waals surface area contributed by atoms with Gasteiger partial charge < -0.3 is 5.32 Å². The van der Waals surface area contributed by atoms with Gasteiger partial charge in [0, 0.05) is 12.2 Å². The highest BCUT2D eigenvalue weighted by molar-refractivity contribution is 5.49. The Balaban J connectivity index is 1.61. The molecule has 1 aliphatic rings. The van der Waals surface area contributed by atoms with Crippen LogP contribution in [0.4, 0.5) is 5.69 Å². The molecule has 1 fully saturated rings. The fourth-order valence-electron chi connectivity index (χ4n) is 5.53. The van der Waals surface area contributed by atoms with Crippen LogP contribution >= 0.6 is 0 Å². The molecule has 0 bridgehead atoms. The van der Waals surface area contributed by atoms with Crippen molar-refractivity contribution in [2.45, 2.75) is 142 Å². The Labute approximate surface area is 195 Å². The molecule has 0 aliphatic heterocycles. The third-order valence-electron chi connectivity index (χ3n) is 7.63. The van der Waals surface area contributed by atoms with Gasteiger partial charge in [-0.2, -0.15) is 0 Å². The zero-order valence-electron chi connectivity index (χ0n) is 21.3. The molecular weight excluding hydrogens is 374 g/mol. The molecule has 0 atom stereocenters. The lowest BCUT2D eigenvalue weighted by atomic mass is 9.76.